The van der Waals surface area contributed by atoms with Crippen LogP contribution in [0.4, 0.5) is 0 Å². The summed E-state index contributed by atoms with van der Waals surface area (Å²) in [6, 6.07) is 0.529. The van der Waals surface area contributed by atoms with E-state index in [1.807, 2.05) is 6.08 Å². The van der Waals surface area contributed by atoms with E-state index in [9.17, 15) is 4.79 Å². The summed E-state index contributed by atoms with van der Waals surface area (Å²) in [4.78, 5) is 14.8. The minimum absolute atomic E-state index is 0.0131. The van der Waals surface area contributed by atoms with Crippen LogP contribution in [-0.2, 0) is 19.0 Å². The molecule has 3 fully saturated rings. The van der Waals surface area contributed by atoms with Gasteiger partial charge < -0.3 is 14.2 Å². The van der Waals surface area contributed by atoms with Crippen molar-refractivity contribution < 1.29 is 19.0 Å². The number of rotatable bonds is 8. The molecule has 208 valence electrons. The van der Waals surface area contributed by atoms with E-state index in [-0.39, 0.29) is 11.0 Å². The zero-order chi connectivity index (χ0) is 26.0. The van der Waals surface area contributed by atoms with E-state index < -0.39 is 0 Å². The zero-order valence-corrected chi connectivity index (χ0v) is 24.0. The first-order valence-electron chi connectivity index (χ1n) is 15.2. The summed E-state index contributed by atoms with van der Waals surface area (Å²) in [5.41, 5.74) is 5.00. The summed E-state index contributed by atoms with van der Waals surface area (Å²) >= 11 is 0. The third-order valence-corrected chi connectivity index (χ3v) is 10.7. The van der Waals surface area contributed by atoms with Crippen molar-refractivity contribution in [2.24, 2.45) is 17.3 Å². The fraction of sp³-hybridized carbons (Fsp3) is 0.844. The number of hydrogen-bond donors (Lipinski definition) is 0. The van der Waals surface area contributed by atoms with E-state index in [1.54, 1.807) is 18.3 Å². The quantitative estimate of drug-likeness (QED) is 0.283. The highest BCUT2D eigenvalue weighted by Gasteiger charge is 2.51. The van der Waals surface area contributed by atoms with Gasteiger partial charge in [-0.1, -0.05) is 30.6 Å². The van der Waals surface area contributed by atoms with Crippen LogP contribution in [0.3, 0.4) is 0 Å². The Balaban J connectivity index is 1.26. The summed E-state index contributed by atoms with van der Waals surface area (Å²) in [7, 11) is 1.73. The smallest absolute Gasteiger partial charge is 0.155 e. The average Bonchev–Trinajstić information content (AvgIpc) is 3.13. The number of allylic oxidation sites excluding steroid dienone is 3. The fourth-order valence-electron chi connectivity index (χ4n) is 8.59. The highest BCUT2D eigenvalue weighted by atomic mass is 16.5. The first-order valence-corrected chi connectivity index (χ1v) is 15.2. The fourth-order valence-corrected chi connectivity index (χ4v) is 8.59. The third kappa shape index (κ3) is 5.95. The van der Waals surface area contributed by atoms with Crippen LogP contribution >= 0.6 is 0 Å². The van der Waals surface area contributed by atoms with Crippen molar-refractivity contribution in [3.05, 3.63) is 22.8 Å². The molecule has 1 saturated carbocycles. The first kappa shape index (κ1) is 27.6. The maximum Gasteiger partial charge on any atom is 0.155 e. The minimum Gasteiger partial charge on any atom is -0.382 e. The molecule has 37 heavy (non-hydrogen) atoms. The standard InChI is InChI=1S/C32H51NO4/c1-23-17-30-29(33(22-23)13-14-36-16-15-35-4)21-32(37-30)11-6-7-25(24(2)20-32)18-26-8-5-9-27-19-28(34)10-12-31(26,27)3/h19,23,26,29-30H,5-18,20-22H2,1-4H3. The molecule has 5 aliphatic rings. The van der Waals surface area contributed by atoms with Crippen molar-refractivity contribution in [1.29, 1.82) is 0 Å². The largest absolute Gasteiger partial charge is 0.382 e. The number of nitrogens with zero attached hydrogens (tertiary/aromatic N) is 1. The molecule has 1 spiro atoms. The zero-order valence-electron chi connectivity index (χ0n) is 24.0. The summed E-state index contributed by atoms with van der Waals surface area (Å²) in [6.07, 6.45) is 16.2. The Hall–Kier alpha value is -1.01. The second-order valence-electron chi connectivity index (χ2n) is 13.3. The number of likely N-dealkylation sites (tertiary alicyclic amines) is 1. The van der Waals surface area contributed by atoms with Crippen LogP contribution in [0, 0.1) is 17.3 Å². The molecule has 0 aromatic heterocycles. The van der Waals surface area contributed by atoms with Crippen LogP contribution < -0.4 is 0 Å². The number of fused-ring (bicyclic) bond motifs is 2. The van der Waals surface area contributed by atoms with Gasteiger partial charge in [0.1, 0.15) is 0 Å². The molecule has 3 aliphatic carbocycles. The lowest BCUT2D eigenvalue weighted by Gasteiger charge is -2.46. The predicted molar refractivity (Wildman–Crippen MR) is 148 cm³/mol. The van der Waals surface area contributed by atoms with E-state index in [1.165, 1.54) is 56.9 Å². The Kier molecular flexibility index (Phi) is 8.65. The summed E-state index contributed by atoms with van der Waals surface area (Å²) < 4.78 is 18.0. The molecule has 6 unspecified atom stereocenters. The SMILES string of the molecule is COCCOCCN1CC(C)CC2OC3(CCCC(CC4CCCC5=CC(=O)CCC54C)=C(C)C3)CC21. The number of ketones is 1. The van der Waals surface area contributed by atoms with Crippen LogP contribution in [0.5, 0.6) is 0 Å². The van der Waals surface area contributed by atoms with Gasteiger partial charge in [0.2, 0.25) is 0 Å². The summed E-state index contributed by atoms with van der Waals surface area (Å²) in [5.74, 6) is 1.70. The molecule has 0 aromatic carbocycles. The van der Waals surface area contributed by atoms with Crippen molar-refractivity contribution in [2.75, 3.05) is 40.0 Å². The molecule has 0 radical (unpaired) electrons. The van der Waals surface area contributed by atoms with Gasteiger partial charge in [-0.2, -0.15) is 0 Å². The molecule has 2 aliphatic heterocycles. The van der Waals surface area contributed by atoms with Crippen molar-refractivity contribution >= 4 is 5.78 Å². The maximum atomic E-state index is 12.1. The number of piperidine rings is 1. The topological polar surface area (TPSA) is 48.0 Å². The lowest BCUT2D eigenvalue weighted by molar-refractivity contribution is -0.116. The van der Waals surface area contributed by atoms with Gasteiger partial charge in [-0.15, -0.1) is 0 Å². The van der Waals surface area contributed by atoms with E-state index in [2.05, 4.69) is 25.7 Å². The Bertz CT molecular complexity index is 895. The van der Waals surface area contributed by atoms with Gasteiger partial charge in [0.25, 0.3) is 0 Å². The Morgan fingerprint density at radius 1 is 1.14 bits per heavy atom. The van der Waals surface area contributed by atoms with Gasteiger partial charge in [-0.3, -0.25) is 9.69 Å². The molecule has 0 amide bonds. The van der Waals surface area contributed by atoms with E-state index in [0.717, 1.165) is 45.4 Å². The van der Waals surface area contributed by atoms with Crippen LogP contribution in [0.15, 0.2) is 22.8 Å². The van der Waals surface area contributed by atoms with E-state index in [4.69, 9.17) is 14.2 Å². The van der Waals surface area contributed by atoms with Crippen molar-refractivity contribution in [1.82, 2.24) is 4.90 Å². The Morgan fingerprint density at radius 3 is 2.84 bits per heavy atom. The Labute approximate surface area is 225 Å². The highest BCUT2D eigenvalue weighted by molar-refractivity contribution is 5.91. The number of carbonyl (C=O) groups is 1. The number of hydrogen-bond acceptors (Lipinski definition) is 5. The molecule has 2 saturated heterocycles. The maximum absolute atomic E-state index is 12.1. The summed E-state index contributed by atoms with van der Waals surface area (Å²) in [5, 5.41) is 0. The highest BCUT2D eigenvalue weighted by Crippen LogP contribution is 2.54. The van der Waals surface area contributed by atoms with Crippen LogP contribution in [0.2, 0.25) is 0 Å². The average molecular weight is 514 g/mol. The lowest BCUT2D eigenvalue weighted by Crippen LogP contribution is -2.49. The molecule has 0 aromatic rings. The second kappa shape index (κ2) is 11.6. The Morgan fingerprint density at radius 2 is 2.00 bits per heavy atom. The van der Waals surface area contributed by atoms with Crippen molar-refractivity contribution in [3.8, 4) is 0 Å². The molecular formula is C32H51NO4. The lowest BCUT2D eigenvalue weighted by atomic mass is 9.58. The molecule has 5 rings (SSSR count). The second-order valence-corrected chi connectivity index (χ2v) is 13.3. The molecule has 6 atom stereocenters. The van der Waals surface area contributed by atoms with Gasteiger partial charge >= 0.3 is 0 Å². The molecule has 5 heteroatoms. The molecule has 2 heterocycles. The molecule has 5 nitrogen and oxygen atoms in total. The van der Waals surface area contributed by atoms with Gasteiger partial charge in [0.05, 0.1) is 31.5 Å². The van der Waals surface area contributed by atoms with Crippen molar-refractivity contribution in [2.45, 2.75) is 116 Å². The number of methoxy groups -OCH3 is 1. The van der Waals surface area contributed by atoms with Crippen LogP contribution in [-0.4, -0.2) is 68.4 Å². The van der Waals surface area contributed by atoms with Crippen LogP contribution in [0.25, 0.3) is 0 Å². The first-order chi connectivity index (χ1) is 17.8. The monoisotopic (exact) mass is 513 g/mol. The van der Waals surface area contributed by atoms with Gasteiger partial charge in [-0.25, -0.2) is 0 Å². The molecule has 0 N–H and O–H groups in total. The molecule has 0 bridgehead atoms. The van der Waals surface area contributed by atoms with E-state index >= 15 is 0 Å². The number of ether oxygens (including phenoxy) is 3. The van der Waals surface area contributed by atoms with E-state index in [0.29, 0.717) is 43.0 Å². The minimum atomic E-state index is 0.0131. The van der Waals surface area contributed by atoms with Gasteiger partial charge in [0.15, 0.2) is 5.78 Å². The number of carbonyl (C=O) groups excluding carboxylic acids is 1. The van der Waals surface area contributed by atoms with Crippen molar-refractivity contribution in [3.63, 3.8) is 0 Å². The normalized spacial score (nSPS) is 38.9. The van der Waals surface area contributed by atoms with Gasteiger partial charge in [0, 0.05) is 32.7 Å². The third-order valence-electron chi connectivity index (χ3n) is 10.7. The predicted octanol–water partition coefficient (Wildman–Crippen LogP) is 6.26. The summed E-state index contributed by atoms with van der Waals surface area (Å²) in [6.45, 7) is 11.5. The van der Waals surface area contributed by atoms with Gasteiger partial charge in [-0.05, 0) is 101 Å². The molecular weight excluding hydrogens is 462 g/mol. The van der Waals surface area contributed by atoms with Crippen LogP contribution in [0.1, 0.15) is 97.8 Å².